The normalized spacial score (nSPS) is 14.6. The fraction of sp³-hybridized carbons (Fsp3) is 0.296. The Labute approximate surface area is 222 Å². The number of hydrogen-bond donors (Lipinski definition) is 1. The Morgan fingerprint density at radius 1 is 1.08 bits per heavy atom. The van der Waals surface area contributed by atoms with Crippen molar-refractivity contribution in [1.82, 2.24) is 19.9 Å². The molecule has 5 rings (SSSR count). The first-order valence-electron chi connectivity index (χ1n) is 12.2. The Bertz CT molecular complexity index is 1470. The minimum Gasteiger partial charge on any atom is -0.423 e. The Balaban J connectivity index is 1.13. The van der Waals surface area contributed by atoms with Crippen LogP contribution in [0, 0.1) is 11.3 Å². The summed E-state index contributed by atoms with van der Waals surface area (Å²) in [7, 11) is 0. The third-order valence-corrected chi connectivity index (χ3v) is 6.89. The average molecular weight is 541 g/mol. The number of H-pyrrole nitrogens is 1. The molecular formula is C27H24ClF3N6O. The van der Waals surface area contributed by atoms with E-state index in [1.54, 1.807) is 12.1 Å². The minimum absolute atomic E-state index is 0.188. The summed E-state index contributed by atoms with van der Waals surface area (Å²) in [4.78, 5) is 15.1. The molecule has 2 aromatic heterocycles. The molecule has 2 aromatic carbocycles. The van der Waals surface area contributed by atoms with Gasteiger partial charge in [0.2, 0.25) is 0 Å². The predicted molar refractivity (Wildman–Crippen MR) is 139 cm³/mol. The second-order valence-corrected chi connectivity index (χ2v) is 9.46. The van der Waals surface area contributed by atoms with E-state index in [4.69, 9.17) is 16.3 Å². The summed E-state index contributed by atoms with van der Waals surface area (Å²) >= 11 is 6.37. The number of benzene rings is 2. The SMILES string of the molecule is N#Cc1ccc2[nH]cc(CCCN3CCN(c4ccc(Oc5nccc(C(F)(F)F)n5)c(Cl)c4)CC3)c2c1. The maximum atomic E-state index is 12.9. The zero-order valence-electron chi connectivity index (χ0n) is 20.3. The van der Waals surface area contributed by atoms with Gasteiger partial charge < -0.3 is 14.6 Å². The lowest BCUT2D eigenvalue weighted by Gasteiger charge is -2.36. The maximum absolute atomic E-state index is 12.9. The highest BCUT2D eigenvalue weighted by molar-refractivity contribution is 6.32. The summed E-state index contributed by atoms with van der Waals surface area (Å²) in [6, 6.07) is 13.5. The van der Waals surface area contributed by atoms with E-state index in [-0.39, 0.29) is 10.8 Å². The van der Waals surface area contributed by atoms with Gasteiger partial charge in [0, 0.05) is 55.2 Å². The van der Waals surface area contributed by atoms with E-state index in [1.807, 2.05) is 30.5 Å². The number of fused-ring (bicyclic) bond motifs is 1. The predicted octanol–water partition coefficient (Wildman–Crippen LogP) is 6.05. The molecule has 0 spiro atoms. The number of nitriles is 1. The summed E-state index contributed by atoms with van der Waals surface area (Å²) in [5.74, 6) is 0.188. The second-order valence-electron chi connectivity index (χ2n) is 9.06. The van der Waals surface area contributed by atoms with Gasteiger partial charge in [0.25, 0.3) is 0 Å². The van der Waals surface area contributed by atoms with Crippen LogP contribution in [0.4, 0.5) is 18.9 Å². The van der Waals surface area contributed by atoms with Gasteiger partial charge in [-0.3, -0.25) is 4.90 Å². The van der Waals surface area contributed by atoms with Gasteiger partial charge in [-0.05, 0) is 67.4 Å². The van der Waals surface area contributed by atoms with Crippen LogP contribution in [0.2, 0.25) is 5.02 Å². The highest BCUT2D eigenvalue weighted by Crippen LogP contribution is 2.34. The number of ether oxygens (including phenoxy) is 1. The number of halogens is 4. The topological polar surface area (TPSA) is 81.1 Å². The summed E-state index contributed by atoms with van der Waals surface area (Å²) in [6.07, 6.45) is 0.383. The quantitative estimate of drug-likeness (QED) is 0.307. The maximum Gasteiger partial charge on any atom is 0.433 e. The van der Waals surface area contributed by atoms with E-state index in [0.717, 1.165) is 74.4 Å². The fourth-order valence-electron chi connectivity index (χ4n) is 4.59. The molecule has 0 unspecified atom stereocenters. The first-order chi connectivity index (χ1) is 18.3. The van der Waals surface area contributed by atoms with Crippen molar-refractivity contribution in [1.29, 1.82) is 5.26 Å². The molecular weight excluding hydrogens is 517 g/mol. The van der Waals surface area contributed by atoms with Crippen LogP contribution in [0.15, 0.2) is 54.9 Å². The molecule has 0 atom stereocenters. The van der Waals surface area contributed by atoms with Crippen LogP contribution in [0.3, 0.4) is 0 Å². The summed E-state index contributed by atoms with van der Waals surface area (Å²) < 4.78 is 44.1. The first-order valence-corrected chi connectivity index (χ1v) is 12.5. The number of anilines is 1. The van der Waals surface area contributed by atoms with E-state index in [9.17, 15) is 18.4 Å². The molecule has 3 heterocycles. The van der Waals surface area contributed by atoms with Gasteiger partial charge in [-0.25, -0.2) is 4.98 Å². The van der Waals surface area contributed by atoms with Gasteiger partial charge in [0.1, 0.15) is 5.75 Å². The third-order valence-electron chi connectivity index (χ3n) is 6.60. The molecule has 1 saturated heterocycles. The molecule has 1 aliphatic rings. The van der Waals surface area contributed by atoms with Crippen LogP contribution in [0.25, 0.3) is 10.9 Å². The number of aromatic nitrogens is 3. The lowest BCUT2D eigenvalue weighted by molar-refractivity contribution is -0.141. The standard InChI is InChI=1S/C27H24ClF3N6O/c28-22-15-20(4-6-24(22)38-26-33-8-7-25(35-26)27(29,30)31)37-12-10-36(11-13-37)9-1-2-19-17-34-23-5-3-18(16-32)14-21(19)23/h3-8,14-15,17,34H,1-2,9-13H2. The Hall–Kier alpha value is -3.81. The molecule has 0 amide bonds. The average Bonchev–Trinajstić information content (AvgIpc) is 3.32. The van der Waals surface area contributed by atoms with Gasteiger partial charge in [-0.1, -0.05) is 11.6 Å². The summed E-state index contributed by atoms with van der Waals surface area (Å²) in [6.45, 7) is 4.43. The van der Waals surface area contributed by atoms with E-state index >= 15 is 0 Å². The molecule has 196 valence electrons. The number of nitrogens with one attached hydrogen (secondary N) is 1. The number of hydrogen-bond acceptors (Lipinski definition) is 6. The number of piperazine rings is 1. The molecule has 0 saturated carbocycles. The molecule has 0 aliphatic carbocycles. The number of nitrogens with zero attached hydrogens (tertiary/aromatic N) is 5. The van der Waals surface area contributed by atoms with E-state index in [1.165, 1.54) is 5.56 Å². The lowest BCUT2D eigenvalue weighted by Crippen LogP contribution is -2.46. The fourth-order valence-corrected chi connectivity index (χ4v) is 4.81. The van der Waals surface area contributed by atoms with E-state index in [0.29, 0.717) is 5.56 Å². The highest BCUT2D eigenvalue weighted by Gasteiger charge is 2.33. The Kier molecular flexibility index (Phi) is 7.40. The third kappa shape index (κ3) is 5.85. The van der Waals surface area contributed by atoms with Crippen molar-refractivity contribution >= 4 is 28.2 Å². The van der Waals surface area contributed by atoms with Gasteiger partial charge in [-0.15, -0.1) is 0 Å². The van der Waals surface area contributed by atoms with Crippen LogP contribution >= 0.6 is 11.6 Å². The largest absolute Gasteiger partial charge is 0.433 e. The molecule has 38 heavy (non-hydrogen) atoms. The summed E-state index contributed by atoms with van der Waals surface area (Å²) in [5, 5.41) is 10.6. The molecule has 1 N–H and O–H groups in total. The first kappa shape index (κ1) is 25.8. The molecule has 11 heteroatoms. The molecule has 7 nitrogen and oxygen atoms in total. The smallest absolute Gasteiger partial charge is 0.423 e. The minimum atomic E-state index is -4.59. The van der Waals surface area contributed by atoms with Gasteiger partial charge in [0.05, 0.1) is 16.7 Å². The van der Waals surface area contributed by atoms with Crippen molar-refractivity contribution in [3.8, 4) is 17.8 Å². The molecule has 4 aromatic rings. The number of aryl methyl sites for hydroxylation is 1. The lowest BCUT2D eigenvalue weighted by atomic mass is 10.1. The van der Waals surface area contributed by atoms with Gasteiger partial charge in [0.15, 0.2) is 5.69 Å². The van der Waals surface area contributed by atoms with E-state index < -0.39 is 17.9 Å². The zero-order chi connectivity index (χ0) is 26.7. The zero-order valence-corrected chi connectivity index (χ0v) is 21.1. The van der Waals surface area contributed by atoms with Crippen molar-refractivity contribution in [2.45, 2.75) is 19.0 Å². The van der Waals surface area contributed by atoms with Crippen LogP contribution in [0.5, 0.6) is 11.8 Å². The number of rotatable bonds is 7. The van der Waals surface area contributed by atoms with Gasteiger partial charge in [-0.2, -0.15) is 23.4 Å². The Morgan fingerprint density at radius 2 is 1.89 bits per heavy atom. The number of aromatic amines is 1. The Morgan fingerprint density at radius 3 is 2.63 bits per heavy atom. The van der Waals surface area contributed by atoms with Crippen molar-refractivity contribution in [2.24, 2.45) is 0 Å². The van der Waals surface area contributed by atoms with Crippen molar-refractivity contribution in [3.05, 3.63) is 76.7 Å². The van der Waals surface area contributed by atoms with Gasteiger partial charge >= 0.3 is 12.2 Å². The highest BCUT2D eigenvalue weighted by atomic mass is 35.5. The molecule has 1 aliphatic heterocycles. The van der Waals surface area contributed by atoms with Crippen LogP contribution < -0.4 is 9.64 Å². The van der Waals surface area contributed by atoms with Crippen molar-refractivity contribution in [2.75, 3.05) is 37.6 Å². The van der Waals surface area contributed by atoms with Crippen molar-refractivity contribution in [3.63, 3.8) is 0 Å². The number of alkyl halides is 3. The molecule has 0 bridgehead atoms. The van der Waals surface area contributed by atoms with Crippen LogP contribution in [-0.4, -0.2) is 52.6 Å². The van der Waals surface area contributed by atoms with Crippen molar-refractivity contribution < 1.29 is 17.9 Å². The molecule has 1 fully saturated rings. The van der Waals surface area contributed by atoms with Crippen LogP contribution in [-0.2, 0) is 12.6 Å². The summed E-state index contributed by atoms with van der Waals surface area (Å²) in [5.41, 5.74) is 2.77. The van der Waals surface area contributed by atoms with E-state index in [2.05, 4.69) is 30.8 Å². The van der Waals surface area contributed by atoms with Crippen LogP contribution in [0.1, 0.15) is 23.2 Å². The molecule has 0 radical (unpaired) electrons. The second kappa shape index (κ2) is 10.9. The monoisotopic (exact) mass is 540 g/mol.